The van der Waals surface area contributed by atoms with Crippen molar-refractivity contribution in [1.29, 1.82) is 0 Å². The van der Waals surface area contributed by atoms with E-state index in [9.17, 15) is 22.4 Å². The first-order valence-corrected chi connectivity index (χ1v) is 9.64. The molecule has 25 heavy (non-hydrogen) atoms. The summed E-state index contributed by atoms with van der Waals surface area (Å²) in [6.45, 7) is -0.527. The molecule has 136 valence electrons. The van der Waals surface area contributed by atoms with Crippen LogP contribution in [0.1, 0.15) is 12.0 Å². The second kappa shape index (κ2) is 7.97. The Hall–Kier alpha value is -1.93. The predicted molar refractivity (Wildman–Crippen MR) is 91.2 cm³/mol. The van der Waals surface area contributed by atoms with Gasteiger partial charge < -0.3 is 9.64 Å². The number of benzene rings is 1. The molecule has 1 heterocycles. The number of halogens is 2. The number of likely N-dealkylation sites (N-methyl/N-ethyl adjacent to an activating group) is 1. The van der Waals surface area contributed by atoms with Crippen LogP contribution in [0.15, 0.2) is 24.3 Å². The van der Waals surface area contributed by atoms with E-state index in [0.29, 0.717) is 6.42 Å². The number of carbonyl (C=O) groups is 2. The number of nitrogens with zero attached hydrogens (tertiary/aromatic N) is 1. The van der Waals surface area contributed by atoms with E-state index in [0.717, 1.165) is 12.2 Å². The van der Waals surface area contributed by atoms with Gasteiger partial charge in [-0.15, -0.1) is 0 Å². The standard InChI is InChI=1S/C16H17ClFNO5S/c1-19(11-7-8-25(22,23)10-11)15(20)9-24-16(21)6-5-12-13(17)3-2-4-14(12)18/h2-6,11H,7-10H2,1H3/b6-5+/t11-/m1/s1. The van der Waals surface area contributed by atoms with Gasteiger partial charge in [0.15, 0.2) is 16.4 Å². The third-order valence-electron chi connectivity index (χ3n) is 3.87. The zero-order chi connectivity index (χ0) is 18.6. The van der Waals surface area contributed by atoms with Gasteiger partial charge in [-0.1, -0.05) is 17.7 Å². The molecule has 0 spiro atoms. The molecule has 2 rings (SSSR count). The Kier molecular flexibility index (Phi) is 6.18. The topological polar surface area (TPSA) is 80.8 Å². The Bertz CT molecular complexity index is 788. The first kappa shape index (κ1) is 19.4. The van der Waals surface area contributed by atoms with Crippen LogP contribution in [0.2, 0.25) is 5.02 Å². The smallest absolute Gasteiger partial charge is 0.331 e. The molecular weight excluding hydrogens is 373 g/mol. The summed E-state index contributed by atoms with van der Waals surface area (Å²) in [6.07, 6.45) is 2.50. The second-order valence-corrected chi connectivity index (χ2v) is 8.27. The summed E-state index contributed by atoms with van der Waals surface area (Å²) in [4.78, 5) is 24.9. The molecule has 1 saturated heterocycles. The van der Waals surface area contributed by atoms with E-state index in [4.69, 9.17) is 16.3 Å². The number of hydrogen-bond acceptors (Lipinski definition) is 5. The molecule has 1 aromatic carbocycles. The predicted octanol–water partition coefficient (Wildman–Crippen LogP) is 1.68. The fourth-order valence-electron chi connectivity index (χ4n) is 2.39. The summed E-state index contributed by atoms with van der Waals surface area (Å²) >= 11 is 5.82. The highest BCUT2D eigenvalue weighted by Crippen LogP contribution is 2.20. The molecule has 6 nitrogen and oxygen atoms in total. The first-order valence-electron chi connectivity index (χ1n) is 7.44. The van der Waals surface area contributed by atoms with Crippen LogP contribution in [-0.2, 0) is 24.2 Å². The minimum absolute atomic E-state index is 0.0423. The van der Waals surface area contributed by atoms with E-state index < -0.39 is 40.2 Å². The molecule has 0 radical (unpaired) electrons. The van der Waals surface area contributed by atoms with Crippen LogP contribution < -0.4 is 0 Å². The minimum atomic E-state index is -3.11. The van der Waals surface area contributed by atoms with Gasteiger partial charge in [-0.05, 0) is 24.6 Å². The van der Waals surface area contributed by atoms with Crippen molar-refractivity contribution in [3.8, 4) is 0 Å². The quantitative estimate of drug-likeness (QED) is 0.565. The number of sulfone groups is 1. The largest absolute Gasteiger partial charge is 0.452 e. The lowest BCUT2D eigenvalue weighted by molar-refractivity contribution is -0.148. The fourth-order valence-corrected chi connectivity index (χ4v) is 4.39. The van der Waals surface area contributed by atoms with Gasteiger partial charge in [0.1, 0.15) is 5.82 Å². The zero-order valence-corrected chi connectivity index (χ0v) is 15.0. The van der Waals surface area contributed by atoms with E-state index in [1.165, 1.54) is 30.1 Å². The SMILES string of the molecule is CN(C(=O)COC(=O)/C=C/c1c(F)cccc1Cl)[C@@H]1CCS(=O)(=O)C1. The molecule has 0 N–H and O–H groups in total. The van der Waals surface area contributed by atoms with Crippen molar-refractivity contribution in [2.75, 3.05) is 25.2 Å². The Balaban J connectivity index is 1.87. The van der Waals surface area contributed by atoms with Gasteiger partial charge in [0, 0.05) is 24.7 Å². The van der Waals surface area contributed by atoms with Crippen molar-refractivity contribution in [3.63, 3.8) is 0 Å². The Morgan fingerprint density at radius 1 is 1.44 bits per heavy atom. The summed E-state index contributed by atoms with van der Waals surface area (Å²) in [7, 11) is -1.64. The third-order valence-corrected chi connectivity index (χ3v) is 5.95. The van der Waals surface area contributed by atoms with Crippen molar-refractivity contribution >= 4 is 39.4 Å². The van der Waals surface area contributed by atoms with Crippen molar-refractivity contribution in [2.24, 2.45) is 0 Å². The highest BCUT2D eigenvalue weighted by atomic mass is 35.5. The third kappa shape index (κ3) is 5.27. The summed E-state index contributed by atoms with van der Waals surface area (Å²) in [6, 6.07) is 3.70. The molecule has 1 amide bonds. The Morgan fingerprint density at radius 2 is 2.16 bits per heavy atom. The number of esters is 1. The molecule has 0 aliphatic carbocycles. The van der Waals surface area contributed by atoms with Crippen molar-refractivity contribution in [1.82, 2.24) is 4.90 Å². The summed E-state index contributed by atoms with van der Waals surface area (Å²) in [5.41, 5.74) is 0.0423. The van der Waals surface area contributed by atoms with E-state index in [-0.39, 0.29) is 22.1 Å². The van der Waals surface area contributed by atoms with Crippen LogP contribution >= 0.6 is 11.6 Å². The molecule has 1 aromatic rings. The van der Waals surface area contributed by atoms with Crippen LogP contribution in [0.25, 0.3) is 6.08 Å². The number of hydrogen-bond donors (Lipinski definition) is 0. The average molecular weight is 390 g/mol. The lowest BCUT2D eigenvalue weighted by Crippen LogP contribution is -2.40. The van der Waals surface area contributed by atoms with Crippen LogP contribution in [0.4, 0.5) is 4.39 Å². The average Bonchev–Trinajstić information content (AvgIpc) is 2.91. The molecular formula is C16H17ClFNO5S. The highest BCUT2D eigenvalue weighted by Gasteiger charge is 2.32. The molecule has 1 atom stereocenters. The van der Waals surface area contributed by atoms with Gasteiger partial charge in [0.05, 0.1) is 16.5 Å². The molecule has 0 saturated carbocycles. The van der Waals surface area contributed by atoms with Crippen molar-refractivity contribution in [3.05, 3.63) is 40.7 Å². The van der Waals surface area contributed by atoms with Crippen molar-refractivity contribution < 1.29 is 27.1 Å². The van der Waals surface area contributed by atoms with Crippen molar-refractivity contribution in [2.45, 2.75) is 12.5 Å². The number of rotatable bonds is 5. The van der Waals surface area contributed by atoms with E-state index in [1.807, 2.05) is 0 Å². The van der Waals surface area contributed by atoms with E-state index >= 15 is 0 Å². The molecule has 9 heteroatoms. The molecule has 1 fully saturated rings. The maximum atomic E-state index is 13.6. The van der Waals surface area contributed by atoms with Crippen LogP contribution in [0.5, 0.6) is 0 Å². The van der Waals surface area contributed by atoms with Crippen LogP contribution in [-0.4, -0.2) is 56.4 Å². The Morgan fingerprint density at radius 3 is 2.76 bits per heavy atom. The molecule has 0 unspecified atom stereocenters. The van der Waals surface area contributed by atoms with Crippen LogP contribution in [0.3, 0.4) is 0 Å². The second-order valence-electron chi connectivity index (χ2n) is 5.64. The van der Waals surface area contributed by atoms with Gasteiger partial charge in [-0.25, -0.2) is 17.6 Å². The fraction of sp³-hybridized carbons (Fsp3) is 0.375. The van der Waals surface area contributed by atoms with E-state index in [2.05, 4.69) is 0 Å². The maximum absolute atomic E-state index is 13.6. The lowest BCUT2D eigenvalue weighted by Gasteiger charge is -2.22. The summed E-state index contributed by atoms with van der Waals surface area (Å²) in [5, 5.41) is 0.141. The van der Waals surface area contributed by atoms with Gasteiger partial charge in [-0.3, -0.25) is 4.79 Å². The number of carbonyl (C=O) groups excluding carboxylic acids is 2. The van der Waals surface area contributed by atoms with Gasteiger partial charge >= 0.3 is 5.97 Å². The Labute approximate surface area is 150 Å². The monoisotopic (exact) mass is 389 g/mol. The lowest BCUT2D eigenvalue weighted by atomic mass is 10.2. The molecule has 1 aliphatic rings. The van der Waals surface area contributed by atoms with Gasteiger partial charge in [0.2, 0.25) is 0 Å². The molecule has 0 bridgehead atoms. The first-order chi connectivity index (χ1) is 11.7. The number of ether oxygens (including phenoxy) is 1. The summed E-state index contributed by atoms with van der Waals surface area (Å²) in [5.74, 6) is -1.97. The highest BCUT2D eigenvalue weighted by molar-refractivity contribution is 7.91. The maximum Gasteiger partial charge on any atom is 0.331 e. The van der Waals surface area contributed by atoms with Gasteiger partial charge in [0.25, 0.3) is 5.91 Å². The normalized spacial score (nSPS) is 19.1. The molecule has 0 aromatic heterocycles. The number of amides is 1. The van der Waals surface area contributed by atoms with Gasteiger partial charge in [-0.2, -0.15) is 0 Å². The van der Waals surface area contributed by atoms with Crippen LogP contribution in [0, 0.1) is 5.82 Å². The van der Waals surface area contributed by atoms with E-state index in [1.54, 1.807) is 0 Å². The minimum Gasteiger partial charge on any atom is -0.452 e. The molecule has 1 aliphatic heterocycles. The summed E-state index contributed by atoms with van der Waals surface area (Å²) < 4.78 is 41.2. The zero-order valence-electron chi connectivity index (χ0n) is 13.4.